The van der Waals surface area contributed by atoms with Crippen LogP contribution in [0.25, 0.3) is 10.8 Å². The van der Waals surface area contributed by atoms with E-state index in [1.807, 2.05) is 6.92 Å². The Labute approximate surface area is 167 Å². The Hall–Kier alpha value is -3.48. The van der Waals surface area contributed by atoms with E-state index in [0.29, 0.717) is 40.6 Å². The molecule has 0 atom stereocenters. The minimum atomic E-state index is -0.652. The smallest absolute Gasteiger partial charge is 0.359 e. The van der Waals surface area contributed by atoms with Gasteiger partial charge in [0.15, 0.2) is 11.5 Å². The monoisotopic (exact) mass is 394 g/mol. The number of fused-ring (bicyclic) bond motifs is 1. The minimum absolute atomic E-state index is 0.0790. The molecule has 0 N–H and O–H groups in total. The number of carbonyl (C=O) groups is 2. The zero-order valence-electron chi connectivity index (χ0n) is 16.6. The van der Waals surface area contributed by atoms with Crippen molar-refractivity contribution >= 4 is 22.5 Å². The van der Waals surface area contributed by atoms with Gasteiger partial charge in [0.2, 0.25) is 0 Å². The molecule has 0 aliphatic heterocycles. The molecule has 0 saturated heterocycles. The van der Waals surface area contributed by atoms with Crippen molar-refractivity contribution in [3.8, 4) is 5.75 Å². The molecule has 0 spiro atoms. The van der Waals surface area contributed by atoms with Gasteiger partial charge in [-0.1, -0.05) is 25.1 Å². The first-order valence-corrected chi connectivity index (χ1v) is 9.31. The van der Waals surface area contributed by atoms with Gasteiger partial charge < -0.3 is 9.47 Å². The van der Waals surface area contributed by atoms with Crippen molar-refractivity contribution in [2.45, 2.75) is 33.4 Å². The molecule has 150 valence electrons. The lowest BCUT2D eigenvalue weighted by Crippen LogP contribution is -2.26. The van der Waals surface area contributed by atoms with Gasteiger partial charge in [0.05, 0.1) is 12.5 Å². The van der Waals surface area contributed by atoms with Crippen molar-refractivity contribution in [3.05, 3.63) is 69.6 Å². The number of aromatic nitrogens is 2. The molecular weight excluding hydrogens is 372 g/mol. The van der Waals surface area contributed by atoms with Gasteiger partial charge in [0, 0.05) is 23.1 Å². The number of aryl methyl sites for hydroxylation is 1. The maximum atomic E-state index is 12.8. The summed E-state index contributed by atoms with van der Waals surface area (Å²) in [5.74, 6) is -0.238. The van der Waals surface area contributed by atoms with E-state index in [0.717, 1.165) is 0 Å². The van der Waals surface area contributed by atoms with E-state index in [2.05, 4.69) is 5.10 Å². The molecule has 0 unspecified atom stereocenters. The molecule has 0 aliphatic rings. The molecule has 0 saturated carbocycles. The van der Waals surface area contributed by atoms with Gasteiger partial charge in [0.25, 0.3) is 5.56 Å². The second-order valence-electron chi connectivity index (χ2n) is 6.58. The zero-order chi connectivity index (χ0) is 21.0. The summed E-state index contributed by atoms with van der Waals surface area (Å²) in [6.07, 6.45) is 0.703. The summed E-state index contributed by atoms with van der Waals surface area (Å²) in [5.41, 5.74) is 0.904. The Bertz CT molecular complexity index is 1130. The van der Waals surface area contributed by atoms with Crippen LogP contribution >= 0.6 is 0 Å². The number of Topliss-reactive ketones (excluding diaryl/α,β-unsaturated/α-hetero) is 1. The molecule has 1 aromatic heterocycles. The molecule has 0 fully saturated rings. The number of carbonyl (C=O) groups excluding carboxylic acids is 2. The van der Waals surface area contributed by atoms with Crippen molar-refractivity contribution in [1.29, 1.82) is 0 Å². The van der Waals surface area contributed by atoms with Gasteiger partial charge in [-0.2, -0.15) is 5.10 Å². The highest BCUT2D eigenvalue weighted by Crippen LogP contribution is 2.22. The van der Waals surface area contributed by atoms with Gasteiger partial charge in [-0.05, 0) is 37.6 Å². The Morgan fingerprint density at radius 1 is 1.10 bits per heavy atom. The summed E-state index contributed by atoms with van der Waals surface area (Å²) < 4.78 is 12.0. The van der Waals surface area contributed by atoms with Gasteiger partial charge in [-0.15, -0.1) is 0 Å². The lowest BCUT2D eigenvalue weighted by molar-refractivity contribution is 0.0462. The highest BCUT2D eigenvalue weighted by Gasteiger charge is 2.19. The third kappa shape index (κ3) is 4.18. The summed E-state index contributed by atoms with van der Waals surface area (Å²) in [7, 11) is 1.50. The summed E-state index contributed by atoms with van der Waals surface area (Å²) >= 11 is 0. The normalized spacial score (nSPS) is 10.7. The van der Waals surface area contributed by atoms with Crippen LogP contribution in [-0.4, -0.2) is 28.6 Å². The first-order valence-electron chi connectivity index (χ1n) is 9.31. The average molecular weight is 394 g/mol. The molecule has 3 aromatic rings. The molecule has 0 amide bonds. The van der Waals surface area contributed by atoms with Crippen LogP contribution in [0.3, 0.4) is 0 Å². The lowest BCUT2D eigenvalue weighted by atomic mass is 10.1. The van der Waals surface area contributed by atoms with E-state index >= 15 is 0 Å². The predicted molar refractivity (Wildman–Crippen MR) is 108 cm³/mol. The molecule has 0 bridgehead atoms. The lowest BCUT2D eigenvalue weighted by Gasteiger charge is -2.12. The Morgan fingerprint density at radius 2 is 1.83 bits per heavy atom. The highest BCUT2D eigenvalue weighted by molar-refractivity contribution is 6.02. The topological polar surface area (TPSA) is 87.5 Å². The minimum Gasteiger partial charge on any atom is -0.496 e. The van der Waals surface area contributed by atoms with Crippen molar-refractivity contribution in [2.75, 3.05) is 7.11 Å². The zero-order valence-corrected chi connectivity index (χ0v) is 16.6. The number of methoxy groups -OCH3 is 1. The summed E-state index contributed by atoms with van der Waals surface area (Å²) in [6.45, 7) is 3.70. The number of hydrogen-bond acceptors (Lipinski definition) is 6. The molecule has 1 heterocycles. The van der Waals surface area contributed by atoms with E-state index < -0.39 is 5.97 Å². The predicted octanol–water partition coefficient (Wildman–Crippen LogP) is 3.37. The van der Waals surface area contributed by atoms with Crippen LogP contribution in [0.2, 0.25) is 0 Å². The van der Waals surface area contributed by atoms with Gasteiger partial charge in [-0.25, -0.2) is 9.48 Å². The van der Waals surface area contributed by atoms with E-state index in [-0.39, 0.29) is 23.6 Å². The Morgan fingerprint density at radius 3 is 2.48 bits per heavy atom. The molecule has 3 rings (SSSR count). The van der Waals surface area contributed by atoms with Crippen molar-refractivity contribution in [1.82, 2.24) is 9.78 Å². The first kappa shape index (κ1) is 20.3. The number of nitrogens with zero attached hydrogens (tertiary/aromatic N) is 2. The average Bonchev–Trinajstić information content (AvgIpc) is 2.73. The van der Waals surface area contributed by atoms with E-state index in [1.165, 1.54) is 18.7 Å². The van der Waals surface area contributed by atoms with Crippen molar-refractivity contribution < 1.29 is 19.1 Å². The molecule has 0 aliphatic carbocycles. The number of ketones is 1. The number of ether oxygens (including phenoxy) is 2. The summed E-state index contributed by atoms with van der Waals surface area (Å²) in [4.78, 5) is 37.0. The van der Waals surface area contributed by atoms with Crippen molar-refractivity contribution in [2.24, 2.45) is 0 Å². The van der Waals surface area contributed by atoms with Crippen molar-refractivity contribution in [3.63, 3.8) is 0 Å². The van der Waals surface area contributed by atoms with Crippen LogP contribution in [-0.2, 0) is 17.9 Å². The number of benzene rings is 2. The molecule has 0 radical (unpaired) electrons. The number of rotatable bonds is 7. The summed E-state index contributed by atoms with van der Waals surface area (Å²) in [6, 6.07) is 11.8. The van der Waals surface area contributed by atoms with E-state index in [9.17, 15) is 14.4 Å². The fourth-order valence-corrected chi connectivity index (χ4v) is 3.07. The van der Waals surface area contributed by atoms with Crippen LogP contribution < -0.4 is 10.3 Å². The Kier molecular flexibility index (Phi) is 6.07. The van der Waals surface area contributed by atoms with E-state index in [1.54, 1.807) is 42.5 Å². The highest BCUT2D eigenvalue weighted by atomic mass is 16.5. The van der Waals surface area contributed by atoms with Crippen LogP contribution in [0.1, 0.15) is 46.7 Å². The van der Waals surface area contributed by atoms with E-state index in [4.69, 9.17) is 9.47 Å². The van der Waals surface area contributed by atoms with Crippen LogP contribution in [0, 0.1) is 0 Å². The second kappa shape index (κ2) is 8.68. The van der Waals surface area contributed by atoms with Crippen LogP contribution in [0.15, 0.2) is 47.3 Å². The van der Waals surface area contributed by atoms with Gasteiger partial charge >= 0.3 is 5.97 Å². The molecule has 7 nitrogen and oxygen atoms in total. The maximum Gasteiger partial charge on any atom is 0.359 e. The fourth-order valence-electron chi connectivity index (χ4n) is 3.07. The van der Waals surface area contributed by atoms with Gasteiger partial charge in [-0.3, -0.25) is 9.59 Å². The third-order valence-electron chi connectivity index (χ3n) is 4.54. The van der Waals surface area contributed by atoms with Crippen LogP contribution in [0.4, 0.5) is 0 Å². The quantitative estimate of drug-likeness (QED) is 0.451. The molecule has 2 aromatic carbocycles. The van der Waals surface area contributed by atoms with Gasteiger partial charge in [0.1, 0.15) is 12.4 Å². The maximum absolute atomic E-state index is 12.8. The molecular formula is C22H22N2O5. The third-order valence-corrected chi connectivity index (χ3v) is 4.54. The number of esters is 1. The Balaban J connectivity index is 1.95. The summed E-state index contributed by atoms with van der Waals surface area (Å²) in [5, 5.41) is 5.09. The first-order chi connectivity index (χ1) is 14.0. The standard InChI is InChI=1S/C22H22N2O5/c1-4-11-24-21(26)18-8-6-5-7-17(18)20(23-24)22(27)29-13-16-12-15(14(2)25)9-10-19(16)28-3/h5-10,12H,4,11,13H2,1-3H3. The SMILES string of the molecule is CCCn1nc(C(=O)OCc2cc(C(C)=O)ccc2OC)c2ccccc2c1=O. The molecule has 7 heteroatoms. The second-order valence-corrected chi connectivity index (χ2v) is 6.58. The molecule has 29 heavy (non-hydrogen) atoms. The van der Waals surface area contributed by atoms with Crippen LogP contribution in [0.5, 0.6) is 5.75 Å². The largest absolute Gasteiger partial charge is 0.496 e. The fraction of sp³-hybridized carbons (Fsp3) is 0.273. The number of hydrogen-bond donors (Lipinski definition) is 0.